The van der Waals surface area contributed by atoms with Gasteiger partial charge in [0, 0.05) is 48.9 Å². The zero-order valence-electron chi connectivity index (χ0n) is 22.6. The smallest absolute Gasteiger partial charge is 0.134 e. The number of rotatable bonds is 9. The molecule has 10 nitrogen and oxygen atoms in total. The molecule has 0 saturated carbocycles. The number of nitrogens with zero attached hydrogens (tertiary/aromatic N) is 9. The predicted octanol–water partition coefficient (Wildman–Crippen LogP) is 2.85. The molecular formula is C29H33N9O. The second-order valence-electron chi connectivity index (χ2n) is 10.3. The number of likely N-dealkylation sites (N-methyl/N-ethyl adjacent to an activating group) is 1. The first-order valence-corrected chi connectivity index (χ1v) is 13.3. The van der Waals surface area contributed by atoms with Crippen LogP contribution in [0.3, 0.4) is 0 Å². The summed E-state index contributed by atoms with van der Waals surface area (Å²) in [5.41, 5.74) is 9.53. The van der Waals surface area contributed by atoms with E-state index in [0.29, 0.717) is 13.0 Å². The van der Waals surface area contributed by atoms with Gasteiger partial charge in [0.05, 0.1) is 55.1 Å². The van der Waals surface area contributed by atoms with Gasteiger partial charge >= 0.3 is 0 Å². The molecule has 0 amide bonds. The van der Waals surface area contributed by atoms with Gasteiger partial charge in [-0.2, -0.15) is 15.3 Å². The van der Waals surface area contributed by atoms with Gasteiger partial charge in [-0.05, 0) is 44.1 Å². The van der Waals surface area contributed by atoms with E-state index in [-0.39, 0.29) is 6.61 Å². The molecule has 5 aromatic rings. The number of aliphatic hydroxyl groups is 1. The van der Waals surface area contributed by atoms with Crippen molar-refractivity contribution >= 4 is 0 Å². The van der Waals surface area contributed by atoms with Gasteiger partial charge in [-0.1, -0.05) is 24.3 Å². The van der Waals surface area contributed by atoms with Gasteiger partial charge in [-0.15, -0.1) is 0 Å². The molecule has 10 heteroatoms. The van der Waals surface area contributed by atoms with Crippen LogP contribution in [0.1, 0.15) is 22.8 Å². The van der Waals surface area contributed by atoms with E-state index in [9.17, 15) is 5.11 Å². The monoisotopic (exact) mass is 523 g/mol. The second-order valence-corrected chi connectivity index (χ2v) is 10.3. The number of fused-ring (bicyclic) bond motifs is 3. The van der Waals surface area contributed by atoms with E-state index < -0.39 is 0 Å². The Labute approximate surface area is 227 Å². The van der Waals surface area contributed by atoms with Crippen molar-refractivity contribution in [1.29, 1.82) is 0 Å². The van der Waals surface area contributed by atoms with Crippen molar-refractivity contribution in [2.75, 3.05) is 27.2 Å². The molecule has 1 aromatic carbocycles. The molecule has 0 aliphatic heterocycles. The normalized spacial score (nSPS) is 12.6. The van der Waals surface area contributed by atoms with Gasteiger partial charge in [0.15, 0.2) is 0 Å². The molecule has 0 radical (unpaired) electrons. The van der Waals surface area contributed by atoms with E-state index in [1.54, 1.807) is 4.68 Å². The average molecular weight is 524 g/mol. The first-order chi connectivity index (χ1) is 19.0. The zero-order chi connectivity index (χ0) is 26.9. The van der Waals surface area contributed by atoms with Crippen LogP contribution in [0.2, 0.25) is 0 Å². The molecule has 0 saturated heterocycles. The van der Waals surface area contributed by atoms with Gasteiger partial charge in [-0.3, -0.25) is 14.0 Å². The minimum Gasteiger partial charge on any atom is -0.394 e. The van der Waals surface area contributed by atoms with Gasteiger partial charge in [-0.25, -0.2) is 9.97 Å². The molecule has 1 aliphatic rings. The number of hydrogen-bond donors (Lipinski definition) is 1. The average Bonchev–Trinajstić information content (AvgIpc) is 3.66. The summed E-state index contributed by atoms with van der Waals surface area (Å²) in [7, 11) is 6.13. The molecule has 39 heavy (non-hydrogen) atoms. The lowest BCUT2D eigenvalue weighted by Gasteiger charge is -2.16. The molecule has 200 valence electrons. The van der Waals surface area contributed by atoms with Gasteiger partial charge < -0.3 is 10.0 Å². The molecule has 4 heterocycles. The van der Waals surface area contributed by atoms with E-state index in [4.69, 9.17) is 20.2 Å². The SMILES string of the molecule is CN(C)CCn1ccc(Cc2ncc3c(n2)-c2c(nn(C)c2-c2ccc(-c4cnn(CCO)c4)cc2)CC3)n1. The molecule has 0 fully saturated rings. The maximum absolute atomic E-state index is 9.18. The summed E-state index contributed by atoms with van der Waals surface area (Å²) in [6.07, 6.45) is 10.1. The van der Waals surface area contributed by atoms with Crippen LogP contribution in [0.4, 0.5) is 0 Å². The first-order valence-electron chi connectivity index (χ1n) is 13.3. The zero-order valence-corrected chi connectivity index (χ0v) is 22.6. The van der Waals surface area contributed by atoms with Crippen molar-refractivity contribution in [2.24, 2.45) is 7.05 Å². The van der Waals surface area contributed by atoms with Crippen molar-refractivity contribution in [3.05, 3.63) is 77.9 Å². The van der Waals surface area contributed by atoms with Crippen molar-refractivity contribution in [3.8, 4) is 33.6 Å². The third kappa shape index (κ3) is 5.13. The molecule has 0 bridgehead atoms. The quantitative estimate of drug-likeness (QED) is 0.317. The molecule has 0 spiro atoms. The number of aromatic nitrogens is 8. The van der Waals surface area contributed by atoms with Gasteiger partial charge in [0.25, 0.3) is 0 Å². The van der Waals surface area contributed by atoms with Crippen LogP contribution in [-0.2, 0) is 39.4 Å². The van der Waals surface area contributed by atoms with E-state index in [0.717, 1.165) is 82.3 Å². The first kappa shape index (κ1) is 25.1. The Morgan fingerprint density at radius 2 is 1.74 bits per heavy atom. The molecule has 1 N–H and O–H groups in total. The van der Waals surface area contributed by atoms with E-state index in [1.807, 2.05) is 41.2 Å². The van der Waals surface area contributed by atoms with Crippen molar-refractivity contribution < 1.29 is 5.11 Å². The maximum Gasteiger partial charge on any atom is 0.134 e. The van der Waals surface area contributed by atoms with Crippen LogP contribution in [-0.4, -0.2) is 76.6 Å². The summed E-state index contributed by atoms with van der Waals surface area (Å²) < 4.78 is 5.71. The van der Waals surface area contributed by atoms with Crippen molar-refractivity contribution in [2.45, 2.75) is 32.4 Å². The Bertz CT molecular complexity index is 1590. The molecule has 0 unspecified atom stereocenters. The molecule has 4 aromatic heterocycles. The van der Waals surface area contributed by atoms with Crippen LogP contribution in [0.25, 0.3) is 33.6 Å². The van der Waals surface area contributed by atoms with Crippen LogP contribution in [0, 0.1) is 0 Å². The van der Waals surface area contributed by atoms with Crippen LogP contribution in [0.5, 0.6) is 0 Å². The summed E-state index contributed by atoms with van der Waals surface area (Å²) >= 11 is 0. The number of aryl methyl sites for hydroxylation is 3. The Balaban J connectivity index is 1.29. The number of benzene rings is 1. The van der Waals surface area contributed by atoms with E-state index in [2.05, 4.69) is 54.4 Å². The lowest BCUT2D eigenvalue weighted by Crippen LogP contribution is -2.18. The number of aliphatic hydroxyl groups excluding tert-OH is 1. The minimum absolute atomic E-state index is 0.0679. The van der Waals surface area contributed by atoms with Gasteiger partial charge in [0.2, 0.25) is 0 Å². The maximum atomic E-state index is 9.18. The van der Waals surface area contributed by atoms with Crippen LogP contribution >= 0.6 is 0 Å². The summed E-state index contributed by atoms with van der Waals surface area (Å²) in [4.78, 5) is 11.9. The topological polar surface area (TPSA) is 103 Å². The largest absolute Gasteiger partial charge is 0.394 e. The summed E-state index contributed by atoms with van der Waals surface area (Å²) in [6.45, 7) is 2.35. The van der Waals surface area contributed by atoms with Crippen LogP contribution < -0.4 is 0 Å². The Hall–Kier alpha value is -4.15. The fourth-order valence-corrected chi connectivity index (χ4v) is 5.16. The Morgan fingerprint density at radius 3 is 2.54 bits per heavy atom. The Kier molecular flexibility index (Phi) is 6.80. The summed E-state index contributed by atoms with van der Waals surface area (Å²) in [5.74, 6) is 0.768. The molecule has 1 aliphatic carbocycles. The van der Waals surface area contributed by atoms with E-state index in [1.165, 1.54) is 0 Å². The fraction of sp³-hybridized carbons (Fsp3) is 0.345. The van der Waals surface area contributed by atoms with Gasteiger partial charge in [0.1, 0.15) is 5.82 Å². The molecular weight excluding hydrogens is 490 g/mol. The fourth-order valence-electron chi connectivity index (χ4n) is 5.16. The highest BCUT2D eigenvalue weighted by Crippen LogP contribution is 2.39. The predicted molar refractivity (Wildman–Crippen MR) is 149 cm³/mol. The number of hydrogen-bond acceptors (Lipinski definition) is 7. The highest BCUT2D eigenvalue weighted by molar-refractivity contribution is 5.84. The lowest BCUT2D eigenvalue weighted by atomic mass is 9.91. The minimum atomic E-state index is 0.0679. The molecule has 6 rings (SSSR count). The highest BCUT2D eigenvalue weighted by Gasteiger charge is 2.27. The van der Waals surface area contributed by atoms with Crippen LogP contribution in [0.15, 0.2) is 55.1 Å². The lowest BCUT2D eigenvalue weighted by molar-refractivity contribution is 0.269. The standard InChI is InChI=1S/C29H33N9O/c1-35(2)12-13-37-11-10-24(33-37)16-26-30-17-22-8-9-25-27(28(22)32-26)29(36(3)34-25)21-6-4-20(5-7-21)23-18-31-38(19-23)14-15-39/h4-7,10-11,17-19,39H,8-9,12-16H2,1-3H3. The van der Waals surface area contributed by atoms with E-state index >= 15 is 0 Å². The third-order valence-electron chi connectivity index (χ3n) is 7.17. The van der Waals surface area contributed by atoms with Crippen molar-refractivity contribution in [1.82, 2.24) is 44.2 Å². The Morgan fingerprint density at radius 1 is 0.923 bits per heavy atom. The highest BCUT2D eigenvalue weighted by atomic mass is 16.3. The van der Waals surface area contributed by atoms with Crippen molar-refractivity contribution in [3.63, 3.8) is 0 Å². The third-order valence-corrected chi connectivity index (χ3v) is 7.17. The molecule has 0 atom stereocenters. The summed E-state index contributed by atoms with van der Waals surface area (Å²) in [5, 5.41) is 23.1. The second kappa shape index (κ2) is 10.5. The summed E-state index contributed by atoms with van der Waals surface area (Å²) in [6, 6.07) is 10.5.